The number of rotatable bonds is 9. The van der Waals surface area contributed by atoms with Gasteiger partial charge in [-0.1, -0.05) is 17.7 Å². The molecule has 138 valence electrons. The first-order chi connectivity index (χ1) is 11.0. The first kappa shape index (κ1) is 23.0. The Hall–Kier alpha value is -1.02. The lowest BCUT2D eigenvalue weighted by molar-refractivity contribution is 0.0310. The first-order valence-corrected chi connectivity index (χ1v) is 8.23. The standard InChI is InChI=1S/C18H31N3O2.HI/c1-6-19-17(21-14-18(3,4)22-5)20-12-7-13-23-16-10-8-15(2)9-11-16;/h8-11H,6-7,12-14H2,1-5H3,(H2,19,20,21);1H. The average molecular weight is 449 g/mol. The highest BCUT2D eigenvalue weighted by molar-refractivity contribution is 14.0. The third-order valence-corrected chi connectivity index (χ3v) is 3.42. The second-order valence-electron chi connectivity index (χ2n) is 6.10. The first-order valence-electron chi connectivity index (χ1n) is 8.23. The van der Waals surface area contributed by atoms with Crippen LogP contribution in [0, 0.1) is 6.92 Å². The summed E-state index contributed by atoms with van der Waals surface area (Å²) in [4.78, 5) is 4.55. The molecule has 0 atom stereocenters. The van der Waals surface area contributed by atoms with Gasteiger partial charge in [0.05, 0.1) is 18.8 Å². The van der Waals surface area contributed by atoms with Crippen LogP contribution in [-0.2, 0) is 4.74 Å². The zero-order valence-corrected chi connectivity index (χ0v) is 17.8. The summed E-state index contributed by atoms with van der Waals surface area (Å²) in [6, 6.07) is 8.12. The topological polar surface area (TPSA) is 54.9 Å². The summed E-state index contributed by atoms with van der Waals surface area (Å²) in [5.41, 5.74) is 0.987. The number of guanidine groups is 1. The number of nitrogens with zero attached hydrogens (tertiary/aromatic N) is 1. The van der Waals surface area contributed by atoms with Crippen molar-refractivity contribution in [2.24, 2.45) is 4.99 Å². The van der Waals surface area contributed by atoms with Crippen LogP contribution in [0.2, 0.25) is 0 Å². The number of nitrogens with one attached hydrogen (secondary N) is 2. The van der Waals surface area contributed by atoms with Crippen LogP contribution in [0.5, 0.6) is 5.75 Å². The third-order valence-electron chi connectivity index (χ3n) is 3.42. The molecule has 0 unspecified atom stereocenters. The maximum atomic E-state index is 5.71. The van der Waals surface area contributed by atoms with Gasteiger partial charge in [0.15, 0.2) is 5.96 Å². The summed E-state index contributed by atoms with van der Waals surface area (Å²) in [6.45, 7) is 11.1. The largest absolute Gasteiger partial charge is 0.494 e. The maximum Gasteiger partial charge on any atom is 0.191 e. The van der Waals surface area contributed by atoms with Crippen LogP contribution in [0.15, 0.2) is 29.3 Å². The summed E-state index contributed by atoms with van der Waals surface area (Å²) in [7, 11) is 1.71. The van der Waals surface area contributed by atoms with Crippen molar-refractivity contribution in [1.29, 1.82) is 0 Å². The number of ether oxygens (including phenoxy) is 2. The van der Waals surface area contributed by atoms with Gasteiger partial charge in [-0.2, -0.15) is 0 Å². The predicted molar refractivity (Wildman–Crippen MR) is 112 cm³/mol. The molecule has 0 heterocycles. The molecule has 0 fully saturated rings. The van der Waals surface area contributed by atoms with Gasteiger partial charge in [-0.3, -0.25) is 4.99 Å². The highest BCUT2D eigenvalue weighted by Crippen LogP contribution is 2.11. The smallest absolute Gasteiger partial charge is 0.191 e. The molecule has 1 aromatic carbocycles. The number of aryl methyl sites for hydroxylation is 1. The Morgan fingerprint density at radius 1 is 1.17 bits per heavy atom. The molecule has 0 amide bonds. The van der Waals surface area contributed by atoms with E-state index in [9.17, 15) is 0 Å². The quantitative estimate of drug-likeness (QED) is 0.263. The van der Waals surface area contributed by atoms with Gasteiger partial charge in [0.25, 0.3) is 0 Å². The molecule has 0 bridgehead atoms. The molecule has 24 heavy (non-hydrogen) atoms. The van der Waals surface area contributed by atoms with Crippen LogP contribution in [0.25, 0.3) is 0 Å². The van der Waals surface area contributed by atoms with Crippen molar-refractivity contribution in [2.45, 2.75) is 39.7 Å². The van der Waals surface area contributed by atoms with Crippen molar-refractivity contribution >= 4 is 29.9 Å². The molecular weight excluding hydrogens is 417 g/mol. The van der Waals surface area contributed by atoms with Crippen molar-refractivity contribution < 1.29 is 9.47 Å². The normalized spacial score (nSPS) is 11.6. The molecule has 2 N–H and O–H groups in total. The summed E-state index contributed by atoms with van der Waals surface area (Å²) < 4.78 is 11.1. The van der Waals surface area contributed by atoms with E-state index in [2.05, 4.69) is 41.6 Å². The Labute approximate surface area is 163 Å². The fourth-order valence-corrected chi connectivity index (χ4v) is 1.78. The molecule has 1 aromatic rings. The number of hydrogen-bond donors (Lipinski definition) is 2. The summed E-state index contributed by atoms with van der Waals surface area (Å²) in [6.07, 6.45) is 0.909. The summed E-state index contributed by atoms with van der Waals surface area (Å²) >= 11 is 0. The third kappa shape index (κ3) is 9.97. The lowest BCUT2D eigenvalue weighted by atomic mass is 10.1. The molecule has 6 heteroatoms. The van der Waals surface area contributed by atoms with Crippen LogP contribution in [0.3, 0.4) is 0 Å². The molecule has 0 aliphatic carbocycles. The Balaban J connectivity index is 0.00000529. The Morgan fingerprint density at radius 2 is 1.83 bits per heavy atom. The number of methoxy groups -OCH3 is 1. The van der Waals surface area contributed by atoms with Crippen molar-refractivity contribution in [3.63, 3.8) is 0 Å². The van der Waals surface area contributed by atoms with Crippen molar-refractivity contribution in [3.05, 3.63) is 29.8 Å². The van der Waals surface area contributed by atoms with Gasteiger partial charge in [-0.25, -0.2) is 0 Å². The van der Waals surface area contributed by atoms with Crippen LogP contribution in [0.4, 0.5) is 0 Å². The monoisotopic (exact) mass is 449 g/mol. The van der Waals surface area contributed by atoms with Crippen LogP contribution in [-0.4, -0.2) is 44.9 Å². The zero-order chi connectivity index (χ0) is 17.1. The van der Waals surface area contributed by atoms with E-state index in [-0.39, 0.29) is 29.6 Å². The second kappa shape index (κ2) is 12.4. The molecular formula is C18H32IN3O2. The molecule has 0 saturated carbocycles. The summed E-state index contributed by atoms with van der Waals surface area (Å²) in [5, 5.41) is 6.55. The van der Waals surface area contributed by atoms with E-state index in [0.717, 1.165) is 31.2 Å². The molecule has 0 aromatic heterocycles. The van der Waals surface area contributed by atoms with Gasteiger partial charge >= 0.3 is 0 Å². The van der Waals surface area contributed by atoms with Crippen molar-refractivity contribution in [1.82, 2.24) is 10.6 Å². The molecule has 0 aliphatic rings. The Kier molecular flexibility index (Phi) is 11.8. The minimum absolute atomic E-state index is 0. The van der Waals surface area contributed by atoms with Gasteiger partial charge in [0.2, 0.25) is 0 Å². The van der Waals surface area contributed by atoms with Crippen LogP contribution in [0.1, 0.15) is 32.8 Å². The minimum Gasteiger partial charge on any atom is -0.494 e. The van der Waals surface area contributed by atoms with Crippen molar-refractivity contribution in [3.8, 4) is 5.75 Å². The average Bonchev–Trinajstić information content (AvgIpc) is 2.54. The van der Waals surface area contributed by atoms with Crippen LogP contribution >= 0.6 is 24.0 Å². The molecule has 5 nitrogen and oxygen atoms in total. The fourth-order valence-electron chi connectivity index (χ4n) is 1.78. The van der Waals surface area contributed by atoms with E-state index in [1.54, 1.807) is 7.11 Å². The van der Waals surface area contributed by atoms with E-state index in [1.165, 1.54) is 5.56 Å². The van der Waals surface area contributed by atoms with Gasteiger partial charge < -0.3 is 20.1 Å². The number of benzene rings is 1. The van der Waals surface area contributed by atoms with E-state index in [0.29, 0.717) is 13.2 Å². The molecule has 0 saturated heterocycles. The fraction of sp³-hybridized carbons (Fsp3) is 0.611. The Morgan fingerprint density at radius 3 is 2.42 bits per heavy atom. The zero-order valence-electron chi connectivity index (χ0n) is 15.5. The van der Waals surface area contributed by atoms with Crippen LogP contribution < -0.4 is 15.4 Å². The van der Waals surface area contributed by atoms with Gasteiger partial charge in [0, 0.05) is 20.2 Å². The molecule has 1 rings (SSSR count). The Bertz CT molecular complexity index is 476. The van der Waals surface area contributed by atoms with Crippen molar-refractivity contribution in [2.75, 3.05) is 33.4 Å². The second-order valence-corrected chi connectivity index (χ2v) is 6.10. The number of aliphatic imine (C=N–C) groups is 1. The molecule has 0 spiro atoms. The lowest BCUT2D eigenvalue weighted by Crippen LogP contribution is -2.39. The number of halogens is 1. The van der Waals surface area contributed by atoms with E-state index in [4.69, 9.17) is 9.47 Å². The van der Waals surface area contributed by atoms with E-state index in [1.807, 2.05) is 26.0 Å². The maximum absolute atomic E-state index is 5.71. The minimum atomic E-state index is -0.253. The van der Waals surface area contributed by atoms with Gasteiger partial charge in [0.1, 0.15) is 5.75 Å². The predicted octanol–water partition coefficient (Wildman–Crippen LogP) is 3.36. The molecule has 0 aliphatic heterocycles. The van der Waals surface area contributed by atoms with Gasteiger partial charge in [-0.15, -0.1) is 24.0 Å². The van der Waals surface area contributed by atoms with Gasteiger partial charge in [-0.05, 0) is 46.2 Å². The highest BCUT2D eigenvalue weighted by atomic mass is 127. The highest BCUT2D eigenvalue weighted by Gasteiger charge is 2.15. The molecule has 0 radical (unpaired) electrons. The lowest BCUT2D eigenvalue weighted by Gasteiger charge is -2.21. The SMILES string of the molecule is CCNC(=NCC(C)(C)OC)NCCCOc1ccc(C)cc1.I. The summed E-state index contributed by atoms with van der Waals surface area (Å²) in [5.74, 6) is 1.73. The number of hydrogen-bond acceptors (Lipinski definition) is 3. The van der Waals surface area contributed by atoms with E-state index >= 15 is 0 Å². The van der Waals surface area contributed by atoms with E-state index < -0.39 is 0 Å².